The second-order valence-corrected chi connectivity index (χ2v) is 9.73. The van der Waals surface area contributed by atoms with Gasteiger partial charge < -0.3 is 14.8 Å². The highest BCUT2D eigenvalue weighted by Gasteiger charge is 2.27. The predicted octanol–water partition coefficient (Wildman–Crippen LogP) is 5.14. The summed E-state index contributed by atoms with van der Waals surface area (Å²) in [6.45, 7) is 1.36. The fraction of sp³-hybridized carbons (Fsp3) is 0.286. The number of anilines is 1. The highest BCUT2D eigenvalue weighted by atomic mass is 32.1. The lowest BCUT2D eigenvalue weighted by atomic mass is 9.98. The molecule has 0 spiro atoms. The number of carbonyl (C=O) groups is 4. The number of hydrogen-bond donors (Lipinski definition) is 1. The van der Waals surface area contributed by atoms with Crippen LogP contribution >= 0.6 is 11.3 Å². The number of rotatable bonds is 7. The maximum Gasteiger partial charge on any atom is 0.341 e. The number of benzene rings is 2. The monoisotopic (exact) mass is 505 g/mol. The van der Waals surface area contributed by atoms with Crippen molar-refractivity contribution in [2.24, 2.45) is 0 Å². The summed E-state index contributed by atoms with van der Waals surface area (Å²) in [5, 5.41) is 3.12. The van der Waals surface area contributed by atoms with E-state index in [1.165, 1.54) is 24.5 Å². The average Bonchev–Trinajstić information content (AvgIpc) is 3.06. The molecule has 0 atom stereocenters. The first-order valence-corrected chi connectivity index (χ1v) is 12.6. The molecule has 1 heterocycles. The molecule has 0 saturated heterocycles. The van der Waals surface area contributed by atoms with Gasteiger partial charge in [-0.15, -0.1) is 11.3 Å². The molecule has 3 aromatic rings. The van der Waals surface area contributed by atoms with Crippen LogP contribution in [0.15, 0.2) is 48.5 Å². The largest absolute Gasteiger partial charge is 0.465 e. The molecule has 186 valence electrons. The van der Waals surface area contributed by atoms with Gasteiger partial charge in [0.15, 0.2) is 12.4 Å². The van der Waals surface area contributed by atoms with E-state index >= 15 is 0 Å². The summed E-state index contributed by atoms with van der Waals surface area (Å²) in [6, 6.07) is 13.4. The molecular weight excluding hydrogens is 478 g/mol. The maximum atomic E-state index is 13.0. The Bertz CT molecular complexity index is 1310. The second-order valence-electron chi connectivity index (χ2n) is 8.63. The van der Waals surface area contributed by atoms with E-state index in [9.17, 15) is 19.2 Å². The van der Waals surface area contributed by atoms with Crippen LogP contribution in [-0.4, -0.2) is 37.3 Å². The Labute approximate surface area is 213 Å². The van der Waals surface area contributed by atoms with Crippen molar-refractivity contribution in [3.8, 4) is 0 Å². The number of aryl methyl sites for hydroxylation is 2. The number of thiophene rings is 1. The Morgan fingerprint density at radius 2 is 1.58 bits per heavy atom. The Kier molecular flexibility index (Phi) is 7.95. The number of esters is 2. The molecule has 0 unspecified atom stereocenters. The molecule has 1 amide bonds. The minimum Gasteiger partial charge on any atom is -0.465 e. The minimum absolute atomic E-state index is 0.0777. The normalized spacial score (nSPS) is 12.7. The molecule has 2 aromatic carbocycles. The van der Waals surface area contributed by atoms with E-state index in [-0.39, 0.29) is 16.9 Å². The van der Waals surface area contributed by atoms with Crippen molar-refractivity contribution >= 4 is 40.0 Å². The Hall–Kier alpha value is -3.78. The van der Waals surface area contributed by atoms with Crippen LogP contribution in [0.25, 0.3) is 0 Å². The molecule has 0 saturated carbocycles. The van der Waals surface area contributed by atoms with Crippen molar-refractivity contribution in [2.45, 2.75) is 39.0 Å². The maximum absolute atomic E-state index is 13.0. The van der Waals surface area contributed by atoms with E-state index < -0.39 is 24.5 Å². The minimum atomic E-state index is -0.781. The van der Waals surface area contributed by atoms with E-state index in [2.05, 4.69) is 5.32 Å². The Balaban J connectivity index is 1.46. The first-order chi connectivity index (χ1) is 17.4. The van der Waals surface area contributed by atoms with Crippen molar-refractivity contribution in [3.05, 3.63) is 86.8 Å². The quantitative estimate of drug-likeness (QED) is 0.271. The number of ketones is 1. The van der Waals surface area contributed by atoms with Crippen molar-refractivity contribution in [1.29, 1.82) is 0 Å². The number of nitrogens with one attached hydrogen (secondary N) is 1. The fourth-order valence-electron chi connectivity index (χ4n) is 4.24. The summed E-state index contributed by atoms with van der Waals surface area (Å²) >= 11 is 1.36. The van der Waals surface area contributed by atoms with Gasteiger partial charge in [-0.3, -0.25) is 9.59 Å². The molecule has 0 bridgehead atoms. The van der Waals surface area contributed by atoms with Gasteiger partial charge in [-0.1, -0.05) is 54.4 Å². The van der Waals surface area contributed by atoms with Gasteiger partial charge in [0.2, 0.25) is 0 Å². The molecule has 1 N–H and O–H groups in total. The second kappa shape index (κ2) is 11.3. The molecule has 1 aliphatic carbocycles. The van der Waals surface area contributed by atoms with Gasteiger partial charge in [0.05, 0.1) is 18.2 Å². The average molecular weight is 506 g/mol. The van der Waals surface area contributed by atoms with E-state index in [4.69, 9.17) is 9.47 Å². The first kappa shape index (κ1) is 25.3. The lowest BCUT2D eigenvalue weighted by molar-refractivity contribution is -0.119. The lowest BCUT2D eigenvalue weighted by Gasteiger charge is -2.10. The molecule has 1 aromatic heterocycles. The van der Waals surface area contributed by atoms with Gasteiger partial charge in [0, 0.05) is 16.0 Å². The third kappa shape index (κ3) is 5.54. The molecule has 0 radical (unpaired) electrons. The molecule has 0 fully saturated rings. The van der Waals surface area contributed by atoms with Crippen LogP contribution in [0.2, 0.25) is 0 Å². The van der Waals surface area contributed by atoms with Crippen molar-refractivity contribution in [2.75, 3.05) is 19.0 Å². The van der Waals surface area contributed by atoms with Gasteiger partial charge in [0.25, 0.3) is 5.91 Å². The topological polar surface area (TPSA) is 98.8 Å². The molecule has 1 aliphatic rings. The zero-order chi connectivity index (χ0) is 25.7. The van der Waals surface area contributed by atoms with E-state index in [1.54, 1.807) is 30.3 Å². The van der Waals surface area contributed by atoms with Gasteiger partial charge in [0.1, 0.15) is 5.00 Å². The number of amides is 1. The zero-order valence-electron chi connectivity index (χ0n) is 20.2. The summed E-state index contributed by atoms with van der Waals surface area (Å²) < 4.78 is 10.2. The summed E-state index contributed by atoms with van der Waals surface area (Å²) in [5.41, 5.74) is 3.05. The molecule has 4 rings (SSSR count). The van der Waals surface area contributed by atoms with Crippen molar-refractivity contribution < 1.29 is 28.7 Å². The number of carbonyl (C=O) groups excluding carboxylic acids is 4. The molecule has 36 heavy (non-hydrogen) atoms. The predicted molar refractivity (Wildman–Crippen MR) is 137 cm³/mol. The third-order valence-electron chi connectivity index (χ3n) is 6.10. The van der Waals surface area contributed by atoms with Crippen LogP contribution in [0.3, 0.4) is 0 Å². The van der Waals surface area contributed by atoms with Crippen molar-refractivity contribution in [3.63, 3.8) is 0 Å². The van der Waals surface area contributed by atoms with Crippen LogP contribution in [0.1, 0.15) is 71.9 Å². The van der Waals surface area contributed by atoms with Gasteiger partial charge in [-0.05, 0) is 44.2 Å². The SMILES string of the molecule is COC(=O)c1c(NC(=O)COC(=O)c2ccccc2C(=O)c2ccc(C)cc2)sc2c1CCCCC2. The van der Waals surface area contributed by atoms with Crippen LogP contribution < -0.4 is 5.32 Å². The molecular formula is C28H27NO6S. The van der Waals surface area contributed by atoms with E-state index in [1.807, 2.05) is 19.1 Å². The van der Waals surface area contributed by atoms with Crippen LogP contribution in [0, 0.1) is 6.92 Å². The Morgan fingerprint density at radius 3 is 2.31 bits per heavy atom. The van der Waals surface area contributed by atoms with Crippen LogP contribution in [0.4, 0.5) is 5.00 Å². The van der Waals surface area contributed by atoms with Crippen LogP contribution in [0.5, 0.6) is 0 Å². The van der Waals surface area contributed by atoms with E-state index in [0.717, 1.165) is 48.1 Å². The van der Waals surface area contributed by atoms with Crippen molar-refractivity contribution in [1.82, 2.24) is 0 Å². The van der Waals surface area contributed by atoms with Gasteiger partial charge in [-0.2, -0.15) is 0 Å². The fourth-order valence-corrected chi connectivity index (χ4v) is 5.53. The van der Waals surface area contributed by atoms with Gasteiger partial charge >= 0.3 is 11.9 Å². The molecule has 7 nitrogen and oxygen atoms in total. The highest BCUT2D eigenvalue weighted by Crippen LogP contribution is 2.38. The summed E-state index contributed by atoms with van der Waals surface area (Å²) in [4.78, 5) is 52.0. The number of hydrogen-bond acceptors (Lipinski definition) is 7. The standard InChI is InChI=1S/C28H27NO6S/c1-17-12-14-18(15-13-17)25(31)19-8-6-7-9-20(19)27(32)35-16-23(30)29-26-24(28(33)34-2)21-10-4-3-5-11-22(21)36-26/h6-9,12-15H,3-5,10-11,16H2,1-2H3,(H,29,30). The number of ether oxygens (including phenoxy) is 2. The third-order valence-corrected chi connectivity index (χ3v) is 7.31. The van der Waals surface area contributed by atoms with Crippen LogP contribution in [-0.2, 0) is 27.1 Å². The lowest BCUT2D eigenvalue weighted by Crippen LogP contribution is -2.22. The van der Waals surface area contributed by atoms with E-state index in [0.29, 0.717) is 16.1 Å². The highest BCUT2D eigenvalue weighted by molar-refractivity contribution is 7.17. The summed E-state index contributed by atoms with van der Waals surface area (Å²) in [6.07, 6.45) is 4.69. The van der Waals surface area contributed by atoms with Gasteiger partial charge in [-0.25, -0.2) is 9.59 Å². The Morgan fingerprint density at radius 1 is 0.889 bits per heavy atom. The number of fused-ring (bicyclic) bond motifs is 1. The number of methoxy groups -OCH3 is 1. The molecule has 0 aliphatic heterocycles. The first-order valence-electron chi connectivity index (χ1n) is 11.8. The zero-order valence-corrected chi connectivity index (χ0v) is 21.0. The summed E-state index contributed by atoms with van der Waals surface area (Å²) in [7, 11) is 1.31. The summed E-state index contributed by atoms with van der Waals surface area (Å²) in [5.74, 6) is -2.16. The molecule has 8 heteroatoms. The smallest absolute Gasteiger partial charge is 0.341 e.